The van der Waals surface area contributed by atoms with Gasteiger partial charge in [-0.1, -0.05) is 49.2 Å². The van der Waals surface area contributed by atoms with Gasteiger partial charge in [0.25, 0.3) is 5.91 Å². The highest BCUT2D eigenvalue weighted by Crippen LogP contribution is 2.48. The molecule has 0 spiro atoms. The Morgan fingerprint density at radius 1 is 1.20 bits per heavy atom. The van der Waals surface area contributed by atoms with Gasteiger partial charge in [0.1, 0.15) is 17.6 Å². The van der Waals surface area contributed by atoms with Gasteiger partial charge in [0.15, 0.2) is 11.0 Å². The van der Waals surface area contributed by atoms with Crippen molar-refractivity contribution in [2.75, 3.05) is 0 Å². The van der Waals surface area contributed by atoms with Crippen LogP contribution in [-0.2, 0) is 17.8 Å². The van der Waals surface area contributed by atoms with Crippen molar-refractivity contribution in [1.29, 1.82) is 0 Å². The predicted molar refractivity (Wildman–Crippen MR) is 151 cm³/mol. The first-order chi connectivity index (χ1) is 19.3. The van der Waals surface area contributed by atoms with Crippen LogP contribution in [0.4, 0.5) is 0 Å². The lowest BCUT2D eigenvalue weighted by molar-refractivity contribution is -0.138. The number of tetrazole rings is 1. The number of aliphatic carboxylic acids is 1. The lowest BCUT2D eigenvalue weighted by atomic mass is 9.97. The molecule has 0 fully saturated rings. The number of halogens is 2. The Kier molecular flexibility index (Phi) is 7.99. The lowest BCUT2D eigenvalue weighted by Gasteiger charge is -2.16. The third kappa shape index (κ3) is 5.11. The second-order valence-electron chi connectivity index (χ2n) is 9.24. The monoisotopic (exact) mass is 625 g/mol. The highest BCUT2D eigenvalue weighted by Gasteiger charge is 2.30. The van der Waals surface area contributed by atoms with Crippen LogP contribution in [0.1, 0.15) is 48.6 Å². The second-order valence-corrected chi connectivity index (χ2v) is 10.4. The fourth-order valence-electron chi connectivity index (χ4n) is 4.69. The molecule has 1 aliphatic heterocycles. The van der Waals surface area contributed by atoms with Crippen LogP contribution in [0.25, 0.3) is 33.6 Å². The molecule has 11 nitrogen and oxygen atoms in total. The third-order valence-corrected chi connectivity index (χ3v) is 7.76. The summed E-state index contributed by atoms with van der Waals surface area (Å²) in [5.41, 5.74) is 5.21. The molecule has 3 N–H and O–H groups in total. The summed E-state index contributed by atoms with van der Waals surface area (Å²) in [6, 6.07) is 8.47. The largest absolute Gasteiger partial charge is 0.480 e. The molecule has 3 heterocycles. The number of imidazole rings is 1. The van der Waals surface area contributed by atoms with E-state index >= 15 is 0 Å². The molecule has 2 aliphatic rings. The molecular weight excluding hydrogens is 602 g/mol. The number of unbranched alkanes of at least 4 members (excludes halogenated alkanes) is 1. The van der Waals surface area contributed by atoms with Crippen molar-refractivity contribution >= 4 is 39.4 Å². The molecule has 2 aromatic heterocycles. The Hall–Kier alpha value is -4.03. The van der Waals surface area contributed by atoms with Crippen LogP contribution >= 0.6 is 27.5 Å². The van der Waals surface area contributed by atoms with E-state index in [0.29, 0.717) is 18.1 Å². The third-order valence-electron chi connectivity index (χ3n) is 6.68. The lowest BCUT2D eigenvalue weighted by Crippen LogP contribution is -2.39. The SMILES string of the molecule is CCCCc1nc(Cl)c(C(=O)N[C@@H](C)C(=O)O)n1Cc1c2ccocc-2c(Br)c1-c1ccccc1-c1nnn[nH]1. The number of hydrogen-bond donors (Lipinski definition) is 3. The average Bonchev–Trinajstić information content (AvgIpc) is 3.65. The highest BCUT2D eigenvalue weighted by molar-refractivity contribution is 9.10. The Labute approximate surface area is 242 Å². The normalized spacial score (nSPS) is 12.1. The second kappa shape index (κ2) is 11.6. The van der Waals surface area contributed by atoms with Crippen LogP contribution in [0.15, 0.2) is 51.7 Å². The molecule has 5 rings (SSSR count). The van der Waals surface area contributed by atoms with Gasteiger partial charge in [-0.3, -0.25) is 9.59 Å². The number of aromatic nitrogens is 6. The maximum atomic E-state index is 13.3. The van der Waals surface area contributed by atoms with Crippen LogP contribution in [0.2, 0.25) is 5.15 Å². The number of H-pyrrole nitrogens is 1. The van der Waals surface area contributed by atoms with E-state index in [1.807, 2.05) is 30.3 Å². The van der Waals surface area contributed by atoms with Gasteiger partial charge in [-0.2, -0.15) is 0 Å². The van der Waals surface area contributed by atoms with Crippen molar-refractivity contribution in [1.82, 2.24) is 35.5 Å². The van der Waals surface area contributed by atoms with Crippen LogP contribution in [-0.4, -0.2) is 53.2 Å². The Bertz CT molecular complexity index is 1650. The number of carboxylic acids is 1. The number of aromatic amines is 1. The van der Waals surface area contributed by atoms with Crippen LogP contribution in [0.3, 0.4) is 0 Å². The standard InChI is InChI=1S/C27H25BrClN7O4/c1-3-4-9-20-31-24(29)23(26(37)30-14(2)27(38)39)36(20)12-18-15-10-11-40-13-19(15)22(28)21(18)16-7-5-6-8-17(16)25-32-34-35-33-25/h5-8,10-11,13-14H,3-4,9,12H2,1-2H3,(H,30,37)(H,38,39)(H,32,33,34,35)/t14-/m0/s1. The van der Waals surface area contributed by atoms with Crippen LogP contribution in [0.5, 0.6) is 0 Å². The van der Waals surface area contributed by atoms with Crippen molar-refractivity contribution in [2.24, 2.45) is 0 Å². The van der Waals surface area contributed by atoms with E-state index < -0.39 is 17.9 Å². The molecule has 1 aliphatic carbocycles. The van der Waals surface area contributed by atoms with Crippen molar-refractivity contribution in [2.45, 2.75) is 45.7 Å². The number of benzene rings is 1. The number of carbonyl (C=O) groups is 2. The summed E-state index contributed by atoms with van der Waals surface area (Å²) < 4.78 is 8.08. The van der Waals surface area contributed by atoms with E-state index in [-0.39, 0.29) is 17.4 Å². The molecule has 1 aromatic carbocycles. The number of carbonyl (C=O) groups excluding carboxylic acids is 1. The molecule has 40 heavy (non-hydrogen) atoms. The van der Waals surface area contributed by atoms with Crippen molar-refractivity contribution in [3.05, 3.63) is 69.6 Å². The van der Waals surface area contributed by atoms with E-state index in [1.54, 1.807) is 17.1 Å². The van der Waals surface area contributed by atoms with Crippen LogP contribution < -0.4 is 5.32 Å². The minimum atomic E-state index is -1.16. The average molecular weight is 627 g/mol. The van der Waals surface area contributed by atoms with E-state index in [2.05, 4.69) is 53.8 Å². The molecule has 206 valence electrons. The van der Waals surface area contributed by atoms with E-state index in [9.17, 15) is 14.7 Å². The number of hydrogen-bond acceptors (Lipinski definition) is 7. The molecule has 1 atom stereocenters. The summed E-state index contributed by atoms with van der Waals surface area (Å²) >= 11 is 10.3. The van der Waals surface area contributed by atoms with Crippen molar-refractivity contribution in [3.63, 3.8) is 0 Å². The number of fused-ring (bicyclic) bond motifs is 1. The quantitative estimate of drug-likeness (QED) is 0.185. The summed E-state index contributed by atoms with van der Waals surface area (Å²) in [7, 11) is 0. The summed E-state index contributed by atoms with van der Waals surface area (Å²) in [5, 5.41) is 26.3. The highest BCUT2D eigenvalue weighted by atomic mass is 79.9. The van der Waals surface area contributed by atoms with Gasteiger partial charge in [-0.15, -0.1) is 5.10 Å². The minimum absolute atomic E-state index is 0.0146. The molecule has 0 unspecified atom stereocenters. The van der Waals surface area contributed by atoms with Crippen LogP contribution in [0, 0.1) is 0 Å². The van der Waals surface area contributed by atoms with Gasteiger partial charge in [0.05, 0.1) is 19.1 Å². The summed E-state index contributed by atoms with van der Waals surface area (Å²) in [4.78, 5) is 29.3. The zero-order valence-electron chi connectivity index (χ0n) is 21.6. The van der Waals surface area contributed by atoms with Gasteiger partial charge in [0, 0.05) is 27.6 Å². The van der Waals surface area contributed by atoms with E-state index in [4.69, 9.17) is 16.0 Å². The molecule has 0 saturated carbocycles. The number of nitrogens with zero attached hydrogens (tertiary/aromatic N) is 5. The summed E-state index contributed by atoms with van der Waals surface area (Å²) in [6.45, 7) is 3.69. The predicted octanol–water partition coefficient (Wildman–Crippen LogP) is 5.44. The van der Waals surface area contributed by atoms with Gasteiger partial charge in [0.2, 0.25) is 0 Å². The topological polar surface area (TPSA) is 152 Å². The van der Waals surface area contributed by atoms with E-state index in [1.165, 1.54) is 6.92 Å². The molecule has 0 saturated heterocycles. The molecule has 0 radical (unpaired) electrons. The van der Waals surface area contributed by atoms with Crippen molar-refractivity contribution in [3.8, 4) is 33.6 Å². The summed E-state index contributed by atoms with van der Waals surface area (Å²) in [6.07, 6.45) is 5.58. The maximum Gasteiger partial charge on any atom is 0.325 e. The number of amides is 1. The van der Waals surface area contributed by atoms with Gasteiger partial charge < -0.3 is 19.4 Å². The van der Waals surface area contributed by atoms with Gasteiger partial charge in [-0.05, 0) is 62.5 Å². The molecule has 13 heteroatoms. The maximum absolute atomic E-state index is 13.3. The number of rotatable bonds is 10. The van der Waals surface area contributed by atoms with Gasteiger partial charge in [-0.25, -0.2) is 10.1 Å². The first kappa shape index (κ1) is 27.5. The summed E-state index contributed by atoms with van der Waals surface area (Å²) in [5.74, 6) is -0.641. The molecular formula is C27H25BrClN7O4. The Morgan fingerprint density at radius 3 is 2.67 bits per heavy atom. The first-order valence-electron chi connectivity index (χ1n) is 12.6. The fourth-order valence-corrected chi connectivity index (χ4v) is 5.74. The number of carboxylic acid groups (broad SMARTS) is 1. The zero-order chi connectivity index (χ0) is 28.4. The Morgan fingerprint density at radius 2 is 1.98 bits per heavy atom. The molecule has 1 amide bonds. The fraction of sp³-hybridized carbons (Fsp3) is 0.259. The van der Waals surface area contributed by atoms with Gasteiger partial charge >= 0.3 is 5.97 Å². The minimum Gasteiger partial charge on any atom is -0.480 e. The Balaban J connectivity index is 1.71. The first-order valence-corrected chi connectivity index (χ1v) is 13.8. The zero-order valence-corrected chi connectivity index (χ0v) is 24.0. The smallest absolute Gasteiger partial charge is 0.325 e. The molecule has 0 bridgehead atoms. The van der Waals surface area contributed by atoms with Crippen molar-refractivity contribution < 1.29 is 19.1 Å². The van der Waals surface area contributed by atoms with E-state index in [0.717, 1.165) is 50.7 Å². The number of aryl methyl sites for hydroxylation is 1. The number of nitrogens with one attached hydrogen (secondary N) is 2. The molecule has 3 aromatic rings.